The Hall–Kier alpha value is -3.35. The van der Waals surface area contributed by atoms with E-state index in [-0.39, 0.29) is 17.2 Å². The molecule has 1 aromatic heterocycles. The van der Waals surface area contributed by atoms with Crippen LogP contribution in [0.1, 0.15) is 19.8 Å². The van der Waals surface area contributed by atoms with E-state index in [9.17, 15) is 4.79 Å². The number of aromatic amines is 1. The maximum absolute atomic E-state index is 12.3. The van der Waals surface area contributed by atoms with E-state index >= 15 is 0 Å². The van der Waals surface area contributed by atoms with Crippen LogP contribution in [0.5, 0.6) is 11.5 Å². The minimum absolute atomic E-state index is 0.253. The fraction of sp³-hybridized carbons (Fsp3) is 0.250. The smallest absolute Gasteiger partial charge is 0.279 e. The predicted molar refractivity (Wildman–Crippen MR) is 105 cm³/mol. The molecule has 0 amide bonds. The third-order valence-corrected chi connectivity index (χ3v) is 3.94. The van der Waals surface area contributed by atoms with Gasteiger partial charge in [0.2, 0.25) is 5.95 Å². The molecule has 0 aliphatic rings. The number of aromatic nitrogens is 3. The average Bonchev–Trinajstić information content (AvgIpc) is 2.70. The first-order valence-corrected chi connectivity index (χ1v) is 8.81. The summed E-state index contributed by atoms with van der Waals surface area (Å²) in [5.74, 6) is 1.80. The van der Waals surface area contributed by atoms with Gasteiger partial charge >= 0.3 is 0 Å². The number of nitrogens with one attached hydrogen (secondary N) is 2. The van der Waals surface area contributed by atoms with E-state index < -0.39 is 0 Å². The summed E-state index contributed by atoms with van der Waals surface area (Å²) >= 11 is 0. The summed E-state index contributed by atoms with van der Waals surface area (Å²) in [6.07, 6.45) is 2.12. The zero-order valence-electron chi connectivity index (χ0n) is 15.4. The zero-order valence-corrected chi connectivity index (χ0v) is 15.4. The Morgan fingerprint density at radius 1 is 1.00 bits per heavy atom. The van der Waals surface area contributed by atoms with E-state index in [1.165, 1.54) is 0 Å². The maximum Gasteiger partial charge on any atom is 0.279 e. The molecule has 0 spiro atoms. The number of anilines is 2. The molecule has 0 saturated carbocycles. The second-order valence-electron chi connectivity index (χ2n) is 5.93. The lowest BCUT2D eigenvalue weighted by atomic mass is 10.1. The molecule has 0 atom stereocenters. The molecular weight excluding hydrogens is 344 g/mol. The van der Waals surface area contributed by atoms with Crippen LogP contribution in [0.25, 0.3) is 11.3 Å². The monoisotopic (exact) mass is 366 g/mol. The highest BCUT2D eigenvalue weighted by Crippen LogP contribution is 2.20. The molecule has 2 aromatic carbocycles. The van der Waals surface area contributed by atoms with Crippen molar-refractivity contribution in [1.29, 1.82) is 0 Å². The Labute approximate surface area is 157 Å². The molecule has 0 radical (unpaired) electrons. The van der Waals surface area contributed by atoms with Crippen LogP contribution in [0.15, 0.2) is 53.3 Å². The van der Waals surface area contributed by atoms with Gasteiger partial charge in [0.05, 0.1) is 13.7 Å². The maximum atomic E-state index is 12.3. The lowest BCUT2D eigenvalue weighted by Crippen LogP contribution is -2.15. The number of benzene rings is 2. The molecule has 7 heteroatoms. The molecule has 0 bridgehead atoms. The highest BCUT2D eigenvalue weighted by molar-refractivity contribution is 5.60. The van der Waals surface area contributed by atoms with Gasteiger partial charge in [0.15, 0.2) is 5.69 Å². The van der Waals surface area contributed by atoms with E-state index in [1.807, 2.05) is 24.3 Å². The standard InChI is InChI=1S/C20H22N4O3/c1-3-4-13-27-17-11-7-15(8-12-17)21-20-22-19(25)18(23-24-20)14-5-9-16(26-2)10-6-14/h5-12H,3-4,13H2,1-2H3,(H2,21,22,24,25). The Balaban J connectivity index is 1.69. The van der Waals surface area contributed by atoms with Gasteiger partial charge in [0, 0.05) is 11.3 Å². The van der Waals surface area contributed by atoms with Gasteiger partial charge in [-0.1, -0.05) is 13.3 Å². The first kappa shape index (κ1) is 18.4. The molecule has 2 N–H and O–H groups in total. The number of ether oxygens (including phenoxy) is 2. The summed E-state index contributed by atoms with van der Waals surface area (Å²) in [7, 11) is 1.59. The number of rotatable bonds is 8. The van der Waals surface area contributed by atoms with E-state index in [0.717, 1.165) is 24.3 Å². The first-order valence-electron chi connectivity index (χ1n) is 8.81. The van der Waals surface area contributed by atoms with Gasteiger partial charge < -0.3 is 14.8 Å². The molecule has 0 aliphatic heterocycles. The normalized spacial score (nSPS) is 10.4. The largest absolute Gasteiger partial charge is 0.497 e. The molecule has 1 heterocycles. The van der Waals surface area contributed by atoms with Gasteiger partial charge in [-0.05, 0) is 55.0 Å². The Kier molecular flexibility index (Phi) is 6.04. The van der Waals surface area contributed by atoms with Gasteiger partial charge in [-0.3, -0.25) is 9.78 Å². The third kappa shape index (κ3) is 4.84. The third-order valence-electron chi connectivity index (χ3n) is 3.94. The van der Waals surface area contributed by atoms with Crippen molar-refractivity contribution in [3.8, 4) is 22.8 Å². The minimum Gasteiger partial charge on any atom is -0.497 e. The van der Waals surface area contributed by atoms with Gasteiger partial charge in [0.1, 0.15) is 11.5 Å². The van der Waals surface area contributed by atoms with E-state index in [4.69, 9.17) is 9.47 Å². The van der Waals surface area contributed by atoms with Gasteiger partial charge in [-0.25, -0.2) is 0 Å². The zero-order chi connectivity index (χ0) is 19.1. The van der Waals surface area contributed by atoms with Crippen LogP contribution in [0, 0.1) is 0 Å². The number of H-pyrrole nitrogens is 1. The molecule has 27 heavy (non-hydrogen) atoms. The predicted octanol–water partition coefficient (Wildman–Crippen LogP) is 3.76. The summed E-state index contributed by atoms with van der Waals surface area (Å²) in [4.78, 5) is 15.0. The van der Waals surface area contributed by atoms with Crippen molar-refractivity contribution >= 4 is 11.6 Å². The topological polar surface area (TPSA) is 89.1 Å². The van der Waals surface area contributed by atoms with E-state index in [0.29, 0.717) is 17.9 Å². The second kappa shape index (κ2) is 8.84. The fourth-order valence-corrected chi connectivity index (χ4v) is 2.44. The van der Waals surface area contributed by atoms with Crippen LogP contribution in [-0.2, 0) is 0 Å². The van der Waals surface area contributed by atoms with Crippen LogP contribution in [0.2, 0.25) is 0 Å². The van der Waals surface area contributed by atoms with E-state index in [1.54, 1.807) is 31.4 Å². The highest BCUT2D eigenvalue weighted by atomic mass is 16.5. The number of nitrogens with zero attached hydrogens (tertiary/aromatic N) is 2. The average molecular weight is 366 g/mol. The minimum atomic E-state index is -0.322. The van der Waals surface area contributed by atoms with Crippen molar-refractivity contribution in [3.63, 3.8) is 0 Å². The highest BCUT2D eigenvalue weighted by Gasteiger charge is 2.08. The van der Waals surface area contributed by atoms with Crippen LogP contribution >= 0.6 is 0 Å². The lowest BCUT2D eigenvalue weighted by molar-refractivity contribution is 0.309. The molecule has 7 nitrogen and oxygen atoms in total. The van der Waals surface area contributed by atoms with Crippen LogP contribution < -0.4 is 20.3 Å². The molecule has 3 aromatic rings. The molecule has 0 fully saturated rings. The summed E-state index contributed by atoms with van der Waals surface area (Å²) in [6, 6.07) is 14.5. The Bertz CT molecular complexity index is 921. The summed E-state index contributed by atoms with van der Waals surface area (Å²) in [6.45, 7) is 2.83. The van der Waals surface area contributed by atoms with E-state index in [2.05, 4.69) is 27.4 Å². The number of methoxy groups -OCH3 is 1. The van der Waals surface area contributed by atoms with Crippen molar-refractivity contribution in [2.24, 2.45) is 0 Å². The van der Waals surface area contributed by atoms with Crippen molar-refractivity contribution in [2.75, 3.05) is 19.0 Å². The lowest BCUT2D eigenvalue weighted by Gasteiger charge is -2.08. The van der Waals surface area contributed by atoms with Crippen LogP contribution in [0.4, 0.5) is 11.6 Å². The number of hydrogen-bond donors (Lipinski definition) is 2. The Morgan fingerprint density at radius 3 is 2.33 bits per heavy atom. The summed E-state index contributed by atoms with van der Waals surface area (Å²) < 4.78 is 10.7. The Morgan fingerprint density at radius 2 is 1.70 bits per heavy atom. The number of unbranched alkanes of at least 4 members (excludes halogenated alkanes) is 1. The molecule has 140 valence electrons. The molecule has 0 saturated heterocycles. The van der Waals surface area contributed by atoms with Crippen molar-refractivity contribution < 1.29 is 9.47 Å². The molecule has 0 unspecified atom stereocenters. The van der Waals surface area contributed by atoms with Gasteiger partial charge in [0.25, 0.3) is 5.56 Å². The molecule has 3 rings (SSSR count). The SMILES string of the molecule is CCCCOc1ccc(Nc2nnc(-c3ccc(OC)cc3)c(=O)[nH]2)cc1. The van der Waals surface area contributed by atoms with Gasteiger partial charge in [-0.2, -0.15) is 0 Å². The van der Waals surface area contributed by atoms with Crippen molar-refractivity contribution in [2.45, 2.75) is 19.8 Å². The fourth-order valence-electron chi connectivity index (χ4n) is 2.44. The summed E-state index contributed by atoms with van der Waals surface area (Å²) in [5, 5.41) is 11.1. The van der Waals surface area contributed by atoms with Crippen molar-refractivity contribution in [3.05, 3.63) is 58.9 Å². The number of hydrogen-bond acceptors (Lipinski definition) is 6. The molecule has 0 aliphatic carbocycles. The quantitative estimate of drug-likeness (QED) is 0.590. The van der Waals surface area contributed by atoms with Crippen molar-refractivity contribution in [1.82, 2.24) is 15.2 Å². The van der Waals surface area contributed by atoms with Crippen LogP contribution in [-0.4, -0.2) is 28.9 Å². The molecular formula is C20H22N4O3. The van der Waals surface area contributed by atoms with Crippen LogP contribution in [0.3, 0.4) is 0 Å². The van der Waals surface area contributed by atoms with Gasteiger partial charge in [-0.15, -0.1) is 10.2 Å². The second-order valence-corrected chi connectivity index (χ2v) is 5.93. The summed E-state index contributed by atoms with van der Waals surface area (Å²) in [5.41, 5.74) is 1.38. The first-order chi connectivity index (χ1) is 13.2.